The number of anilines is 1. The van der Waals surface area contributed by atoms with Gasteiger partial charge in [0.1, 0.15) is 12.4 Å². The molecule has 0 spiro atoms. The van der Waals surface area contributed by atoms with Crippen LogP contribution in [-0.2, 0) is 29.2 Å². The molecule has 0 saturated carbocycles. The minimum Gasteiger partial charge on any atom is -0.487 e. The molecular weight excluding hydrogens is 475 g/mol. The topological polar surface area (TPSA) is 46.6 Å². The SMILES string of the molecule is CCCCc1ccc(S(=O)(=O)N(c2ccc(C(F)(F)F)cc2OCc2ccccc2)C(C)C)cc1. The van der Waals surface area contributed by atoms with Gasteiger partial charge < -0.3 is 4.74 Å². The average Bonchev–Trinajstić information content (AvgIpc) is 2.82. The molecule has 3 aromatic rings. The Labute approximate surface area is 205 Å². The molecular formula is C27H30F3NO3S. The molecule has 0 N–H and O–H groups in total. The molecule has 188 valence electrons. The van der Waals surface area contributed by atoms with Crippen molar-refractivity contribution in [1.82, 2.24) is 0 Å². The van der Waals surface area contributed by atoms with Crippen molar-refractivity contribution in [2.75, 3.05) is 4.31 Å². The predicted octanol–water partition coefficient (Wildman–Crippen LogP) is 7.23. The van der Waals surface area contributed by atoms with Crippen LogP contribution in [-0.4, -0.2) is 14.5 Å². The Kier molecular flexibility index (Phi) is 8.48. The van der Waals surface area contributed by atoms with Crippen LogP contribution in [0.5, 0.6) is 5.75 Å². The van der Waals surface area contributed by atoms with Crippen molar-refractivity contribution in [2.45, 2.75) is 63.8 Å². The number of hydrogen-bond donors (Lipinski definition) is 0. The summed E-state index contributed by atoms with van der Waals surface area (Å²) >= 11 is 0. The minimum absolute atomic E-state index is 0.00669. The smallest absolute Gasteiger partial charge is 0.416 e. The van der Waals surface area contributed by atoms with Crippen LogP contribution >= 0.6 is 0 Å². The van der Waals surface area contributed by atoms with Crippen LogP contribution in [0.1, 0.15) is 50.3 Å². The van der Waals surface area contributed by atoms with Crippen LogP contribution < -0.4 is 9.04 Å². The highest BCUT2D eigenvalue weighted by Gasteiger charge is 2.34. The van der Waals surface area contributed by atoms with Gasteiger partial charge in [-0.3, -0.25) is 4.31 Å². The number of sulfonamides is 1. The van der Waals surface area contributed by atoms with Crippen LogP contribution in [0, 0.1) is 0 Å². The van der Waals surface area contributed by atoms with Gasteiger partial charge in [-0.05, 0) is 68.1 Å². The number of nitrogens with zero attached hydrogens (tertiary/aromatic N) is 1. The second kappa shape index (κ2) is 11.2. The molecule has 0 atom stereocenters. The quantitative estimate of drug-likeness (QED) is 0.292. The molecule has 0 aliphatic heterocycles. The van der Waals surface area contributed by atoms with Gasteiger partial charge in [0, 0.05) is 6.04 Å². The Balaban J connectivity index is 2.03. The summed E-state index contributed by atoms with van der Waals surface area (Å²) in [6, 6.07) is 17.9. The van der Waals surface area contributed by atoms with E-state index in [1.807, 2.05) is 6.07 Å². The molecule has 0 aliphatic rings. The van der Waals surface area contributed by atoms with Gasteiger partial charge in [0.05, 0.1) is 16.1 Å². The van der Waals surface area contributed by atoms with Crippen LogP contribution in [0.25, 0.3) is 0 Å². The van der Waals surface area contributed by atoms with Crippen LogP contribution in [0.3, 0.4) is 0 Å². The summed E-state index contributed by atoms with van der Waals surface area (Å²) in [6.45, 7) is 5.42. The summed E-state index contributed by atoms with van der Waals surface area (Å²) in [5.74, 6) is -0.152. The first kappa shape index (κ1) is 26.6. The fourth-order valence-corrected chi connectivity index (χ4v) is 5.40. The van der Waals surface area contributed by atoms with E-state index in [9.17, 15) is 21.6 Å². The maximum atomic E-state index is 13.7. The van der Waals surface area contributed by atoms with E-state index in [2.05, 4.69) is 6.92 Å². The second-order valence-corrected chi connectivity index (χ2v) is 10.4. The molecule has 0 radical (unpaired) electrons. The van der Waals surface area contributed by atoms with Crippen molar-refractivity contribution in [3.8, 4) is 5.75 Å². The van der Waals surface area contributed by atoms with Gasteiger partial charge in [0.25, 0.3) is 10.0 Å². The number of aryl methyl sites for hydroxylation is 1. The third kappa shape index (κ3) is 6.57. The van der Waals surface area contributed by atoms with E-state index >= 15 is 0 Å². The number of benzene rings is 3. The number of alkyl halides is 3. The zero-order chi connectivity index (χ0) is 25.6. The largest absolute Gasteiger partial charge is 0.487 e. The van der Waals surface area contributed by atoms with Gasteiger partial charge in [0.15, 0.2) is 0 Å². The molecule has 0 bridgehead atoms. The molecule has 0 fully saturated rings. The number of rotatable bonds is 10. The number of unbranched alkanes of at least 4 members (excludes halogenated alkanes) is 1. The van der Waals surface area contributed by atoms with Crippen molar-refractivity contribution in [2.24, 2.45) is 0 Å². The molecule has 0 aromatic heterocycles. The summed E-state index contributed by atoms with van der Waals surface area (Å²) in [6.07, 6.45) is -1.72. The second-order valence-electron chi connectivity index (χ2n) is 8.60. The number of hydrogen-bond acceptors (Lipinski definition) is 3. The maximum Gasteiger partial charge on any atom is 0.416 e. The maximum absolute atomic E-state index is 13.7. The third-order valence-electron chi connectivity index (χ3n) is 5.53. The number of halogens is 3. The molecule has 0 aliphatic carbocycles. The normalized spacial score (nSPS) is 12.1. The van der Waals surface area contributed by atoms with Crippen molar-refractivity contribution < 1.29 is 26.3 Å². The Morgan fingerprint density at radius 3 is 2.14 bits per heavy atom. The molecule has 0 heterocycles. The Hall–Kier alpha value is -3.00. The fourth-order valence-electron chi connectivity index (χ4n) is 3.73. The average molecular weight is 506 g/mol. The van der Waals surface area contributed by atoms with Crippen LogP contribution in [0.2, 0.25) is 0 Å². The fraction of sp³-hybridized carbons (Fsp3) is 0.333. The molecule has 4 nitrogen and oxygen atoms in total. The number of ether oxygens (including phenoxy) is 1. The molecule has 0 amide bonds. The first-order chi connectivity index (χ1) is 16.5. The molecule has 35 heavy (non-hydrogen) atoms. The van der Waals surface area contributed by atoms with E-state index in [1.165, 1.54) is 0 Å². The predicted molar refractivity (Wildman–Crippen MR) is 132 cm³/mol. The first-order valence-electron chi connectivity index (χ1n) is 11.6. The summed E-state index contributed by atoms with van der Waals surface area (Å²) < 4.78 is 74.6. The lowest BCUT2D eigenvalue weighted by Gasteiger charge is -2.30. The lowest BCUT2D eigenvalue weighted by atomic mass is 10.1. The zero-order valence-corrected chi connectivity index (χ0v) is 20.9. The molecule has 3 rings (SSSR count). The summed E-state index contributed by atoms with van der Waals surface area (Å²) in [5, 5.41) is 0. The molecule has 3 aromatic carbocycles. The van der Waals surface area contributed by atoms with E-state index in [4.69, 9.17) is 4.74 Å². The van der Waals surface area contributed by atoms with Crippen molar-refractivity contribution >= 4 is 15.7 Å². The minimum atomic E-state index is -4.60. The van der Waals surface area contributed by atoms with Crippen molar-refractivity contribution in [1.29, 1.82) is 0 Å². The Bertz CT molecular complexity index is 1210. The molecule has 0 unspecified atom stereocenters. The standard InChI is InChI=1S/C27H30F3NO3S/c1-4-5-9-21-12-15-24(16-13-21)35(32,33)31(20(2)3)25-17-14-23(27(28,29)30)18-26(25)34-19-22-10-7-6-8-11-22/h6-8,10-18,20H,4-5,9,19H2,1-3H3. The lowest BCUT2D eigenvalue weighted by molar-refractivity contribution is -0.137. The van der Waals surface area contributed by atoms with Gasteiger partial charge in [-0.1, -0.05) is 55.8 Å². The Morgan fingerprint density at radius 2 is 1.57 bits per heavy atom. The lowest BCUT2D eigenvalue weighted by Crippen LogP contribution is -2.37. The van der Waals surface area contributed by atoms with Gasteiger partial charge in [-0.15, -0.1) is 0 Å². The van der Waals surface area contributed by atoms with Crippen molar-refractivity contribution in [3.05, 3.63) is 89.5 Å². The van der Waals surface area contributed by atoms with E-state index in [-0.39, 0.29) is 22.9 Å². The van der Waals surface area contributed by atoms with E-state index in [0.717, 1.165) is 52.9 Å². The van der Waals surface area contributed by atoms with Gasteiger partial charge in [-0.2, -0.15) is 13.2 Å². The summed E-state index contributed by atoms with van der Waals surface area (Å²) in [5.41, 5.74) is 0.922. The van der Waals surface area contributed by atoms with Gasteiger partial charge >= 0.3 is 6.18 Å². The molecule has 0 saturated heterocycles. The van der Waals surface area contributed by atoms with E-state index in [0.29, 0.717) is 0 Å². The van der Waals surface area contributed by atoms with Crippen LogP contribution in [0.4, 0.5) is 18.9 Å². The van der Waals surface area contributed by atoms with Gasteiger partial charge in [0.2, 0.25) is 0 Å². The highest BCUT2D eigenvalue weighted by Crippen LogP contribution is 2.40. The summed E-state index contributed by atoms with van der Waals surface area (Å²) in [4.78, 5) is 0.0698. The van der Waals surface area contributed by atoms with Gasteiger partial charge in [-0.25, -0.2) is 8.42 Å². The van der Waals surface area contributed by atoms with Crippen molar-refractivity contribution in [3.63, 3.8) is 0 Å². The highest BCUT2D eigenvalue weighted by atomic mass is 32.2. The van der Waals surface area contributed by atoms with Crippen LogP contribution in [0.15, 0.2) is 77.7 Å². The highest BCUT2D eigenvalue weighted by molar-refractivity contribution is 7.92. The monoisotopic (exact) mass is 505 g/mol. The first-order valence-corrected chi connectivity index (χ1v) is 13.0. The third-order valence-corrected chi connectivity index (χ3v) is 7.53. The zero-order valence-electron chi connectivity index (χ0n) is 20.0. The van der Waals surface area contributed by atoms with E-state index < -0.39 is 27.8 Å². The Morgan fingerprint density at radius 1 is 0.914 bits per heavy atom. The van der Waals surface area contributed by atoms with E-state index in [1.54, 1.807) is 62.4 Å². The summed E-state index contributed by atoms with van der Waals surface area (Å²) in [7, 11) is -4.07. The molecule has 8 heteroatoms.